The van der Waals surface area contributed by atoms with Crippen LogP contribution in [0, 0.1) is 5.82 Å². The molecule has 1 aromatic rings. The Kier molecular flexibility index (Phi) is 5.35. The Morgan fingerprint density at radius 1 is 1.38 bits per heavy atom. The van der Waals surface area contributed by atoms with E-state index in [0.717, 1.165) is 31.2 Å². The third-order valence-electron chi connectivity index (χ3n) is 3.65. The lowest BCUT2D eigenvalue weighted by atomic mass is 10.2. The first-order valence-corrected chi connectivity index (χ1v) is 8.89. The highest BCUT2D eigenvalue weighted by Crippen LogP contribution is 2.33. The number of rotatable bonds is 8. The number of unbranched alkanes of at least 4 members (excludes halogenated alkanes) is 1. The lowest BCUT2D eigenvalue weighted by Crippen LogP contribution is -2.34. The third kappa shape index (κ3) is 3.81. The van der Waals surface area contributed by atoms with Crippen LogP contribution >= 0.6 is 0 Å². The standard InChI is InChI=1S/C15H23FN2O2S/c1-3-4-9-18(13-6-7-13)21(19,20)15-8-5-12(11-17-2)10-14(15)16/h5,8,10,13,17H,3-4,6-7,9,11H2,1-2H3. The second-order valence-electron chi connectivity index (χ2n) is 5.50. The topological polar surface area (TPSA) is 49.4 Å². The van der Waals surface area contributed by atoms with Crippen molar-refractivity contribution >= 4 is 10.0 Å². The zero-order chi connectivity index (χ0) is 15.5. The van der Waals surface area contributed by atoms with Gasteiger partial charge in [-0.1, -0.05) is 19.4 Å². The zero-order valence-corrected chi connectivity index (χ0v) is 13.4. The molecule has 0 bridgehead atoms. The number of benzene rings is 1. The summed E-state index contributed by atoms with van der Waals surface area (Å²) in [5.41, 5.74) is 0.737. The lowest BCUT2D eigenvalue weighted by Gasteiger charge is -2.22. The quantitative estimate of drug-likeness (QED) is 0.802. The van der Waals surface area contributed by atoms with Gasteiger partial charge in [-0.3, -0.25) is 0 Å². The molecule has 1 N–H and O–H groups in total. The van der Waals surface area contributed by atoms with Crippen molar-refractivity contribution < 1.29 is 12.8 Å². The smallest absolute Gasteiger partial charge is 0.246 e. The molecule has 0 aromatic heterocycles. The molecule has 6 heteroatoms. The molecule has 0 amide bonds. The van der Waals surface area contributed by atoms with Crippen molar-refractivity contribution in [1.29, 1.82) is 0 Å². The van der Waals surface area contributed by atoms with E-state index in [2.05, 4.69) is 5.32 Å². The second kappa shape index (κ2) is 6.85. The van der Waals surface area contributed by atoms with Gasteiger partial charge in [-0.15, -0.1) is 0 Å². The summed E-state index contributed by atoms with van der Waals surface area (Å²) in [5, 5.41) is 2.92. The van der Waals surface area contributed by atoms with Crippen molar-refractivity contribution in [1.82, 2.24) is 9.62 Å². The molecular weight excluding hydrogens is 291 g/mol. The Balaban J connectivity index is 2.28. The number of halogens is 1. The molecule has 0 radical (unpaired) electrons. The molecule has 1 aliphatic carbocycles. The predicted molar refractivity (Wildman–Crippen MR) is 81.0 cm³/mol. The molecule has 0 heterocycles. The Hall–Kier alpha value is -0.980. The second-order valence-corrected chi connectivity index (χ2v) is 7.35. The molecule has 4 nitrogen and oxygen atoms in total. The van der Waals surface area contributed by atoms with Crippen molar-refractivity contribution in [3.63, 3.8) is 0 Å². The Morgan fingerprint density at radius 2 is 2.10 bits per heavy atom. The minimum atomic E-state index is -3.73. The molecule has 0 saturated heterocycles. The maximum Gasteiger partial charge on any atom is 0.246 e. The molecule has 0 spiro atoms. The predicted octanol–water partition coefficient (Wildman–Crippen LogP) is 2.50. The highest BCUT2D eigenvalue weighted by atomic mass is 32.2. The number of hydrogen-bond acceptors (Lipinski definition) is 3. The molecule has 0 aliphatic heterocycles. The van der Waals surface area contributed by atoms with Crippen molar-refractivity contribution in [2.75, 3.05) is 13.6 Å². The average Bonchev–Trinajstić information content (AvgIpc) is 3.23. The van der Waals surface area contributed by atoms with E-state index in [4.69, 9.17) is 0 Å². The SMILES string of the molecule is CCCCN(C1CC1)S(=O)(=O)c1ccc(CNC)cc1F. The molecule has 1 saturated carbocycles. The Bertz CT molecular complexity index is 585. The Morgan fingerprint density at radius 3 is 2.62 bits per heavy atom. The third-order valence-corrected chi connectivity index (χ3v) is 5.64. The van der Waals surface area contributed by atoms with Crippen LogP contribution < -0.4 is 5.32 Å². The van der Waals surface area contributed by atoms with Crippen molar-refractivity contribution in [2.45, 2.75) is 50.1 Å². The summed E-state index contributed by atoms with van der Waals surface area (Å²) >= 11 is 0. The van der Waals surface area contributed by atoms with Gasteiger partial charge in [0, 0.05) is 19.1 Å². The highest BCUT2D eigenvalue weighted by Gasteiger charge is 2.38. The minimum absolute atomic E-state index is 0.0536. The largest absolute Gasteiger partial charge is 0.316 e. The molecule has 21 heavy (non-hydrogen) atoms. The van der Waals surface area contributed by atoms with Crippen LogP contribution in [0.3, 0.4) is 0 Å². The van der Waals surface area contributed by atoms with Crippen LogP contribution in [0.5, 0.6) is 0 Å². The minimum Gasteiger partial charge on any atom is -0.316 e. The summed E-state index contributed by atoms with van der Waals surface area (Å²) in [7, 11) is -1.97. The summed E-state index contributed by atoms with van der Waals surface area (Å²) in [6.07, 6.45) is 3.47. The molecule has 1 aromatic carbocycles. The van der Waals surface area contributed by atoms with E-state index in [-0.39, 0.29) is 10.9 Å². The van der Waals surface area contributed by atoms with Gasteiger partial charge in [-0.05, 0) is 44.0 Å². The fraction of sp³-hybridized carbons (Fsp3) is 0.600. The number of sulfonamides is 1. The van der Waals surface area contributed by atoms with Crippen LogP contribution in [-0.4, -0.2) is 32.4 Å². The van der Waals surface area contributed by atoms with Gasteiger partial charge in [0.1, 0.15) is 10.7 Å². The van der Waals surface area contributed by atoms with E-state index < -0.39 is 15.8 Å². The molecule has 1 aliphatic rings. The molecule has 0 atom stereocenters. The van der Waals surface area contributed by atoms with E-state index in [1.54, 1.807) is 13.1 Å². The first-order chi connectivity index (χ1) is 10.0. The fourth-order valence-electron chi connectivity index (χ4n) is 2.37. The maximum absolute atomic E-state index is 14.2. The van der Waals surface area contributed by atoms with Gasteiger partial charge in [0.2, 0.25) is 10.0 Å². The van der Waals surface area contributed by atoms with Crippen LogP contribution in [0.1, 0.15) is 38.2 Å². The van der Waals surface area contributed by atoms with Gasteiger partial charge in [0.15, 0.2) is 0 Å². The number of hydrogen-bond donors (Lipinski definition) is 1. The number of nitrogens with one attached hydrogen (secondary N) is 1. The summed E-state index contributed by atoms with van der Waals surface area (Å²) in [6.45, 7) is 3.01. The van der Waals surface area contributed by atoms with Gasteiger partial charge < -0.3 is 5.32 Å². The van der Waals surface area contributed by atoms with E-state index in [1.807, 2.05) is 6.92 Å². The molecule has 118 valence electrons. The maximum atomic E-state index is 14.2. The van der Waals surface area contributed by atoms with Gasteiger partial charge in [0.25, 0.3) is 0 Å². The normalized spacial score (nSPS) is 15.6. The van der Waals surface area contributed by atoms with E-state index in [9.17, 15) is 12.8 Å². The summed E-state index contributed by atoms with van der Waals surface area (Å²) in [4.78, 5) is -0.203. The van der Waals surface area contributed by atoms with E-state index in [0.29, 0.717) is 13.1 Å². The van der Waals surface area contributed by atoms with Crippen LogP contribution in [0.4, 0.5) is 4.39 Å². The first-order valence-electron chi connectivity index (χ1n) is 7.45. The van der Waals surface area contributed by atoms with Crippen LogP contribution in [-0.2, 0) is 16.6 Å². The molecular formula is C15H23FN2O2S. The van der Waals surface area contributed by atoms with E-state index >= 15 is 0 Å². The van der Waals surface area contributed by atoms with Crippen molar-refractivity contribution in [2.24, 2.45) is 0 Å². The average molecular weight is 314 g/mol. The van der Waals surface area contributed by atoms with Crippen molar-refractivity contribution in [3.05, 3.63) is 29.6 Å². The molecule has 2 rings (SSSR count). The summed E-state index contributed by atoms with van der Waals surface area (Å²) < 4.78 is 41.0. The summed E-state index contributed by atoms with van der Waals surface area (Å²) in [6, 6.07) is 4.41. The monoisotopic (exact) mass is 314 g/mol. The van der Waals surface area contributed by atoms with Crippen LogP contribution in [0.25, 0.3) is 0 Å². The van der Waals surface area contributed by atoms with Gasteiger partial charge in [-0.2, -0.15) is 4.31 Å². The van der Waals surface area contributed by atoms with Crippen molar-refractivity contribution in [3.8, 4) is 0 Å². The molecule has 1 fully saturated rings. The highest BCUT2D eigenvalue weighted by molar-refractivity contribution is 7.89. The van der Waals surface area contributed by atoms with Crippen LogP contribution in [0.15, 0.2) is 23.1 Å². The first kappa shape index (κ1) is 16.4. The lowest BCUT2D eigenvalue weighted by molar-refractivity contribution is 0.392. The Labute approximate surface area is 126 Å². The van der Waals surface area contributed by atoms with Crippen LogP contribution in [0.2, 0.25) is 0 Å². The van der Waals surface area contributed by atoms with Gasteiger partial charge in [-0.25, -0.2) is 12.8 Å². The number of nitrogens with zero attached hydrogens (tertiary/aromatic N) is 1. The van der Waals surface area contributed by atoms with Gasteiger partial charge >= 0.3 is 0 Å². The zero-order valence-electron chi connectivity index (χ0n) is 12.6. The fourth-order valence-corrected chi connectivity index (χ4v) is 4.14. The molecule has 0 unspecified atom stereocenters. The van der Waals surface area contributed by atoms with E-state index in [1.165, 1.54) is 16.4 Å². The summed E-state index contributed by atoms with van der Waals surface area (Å²) in [5.74, 6) is -0.662. The van der Waals surface area contributed by atoms with Gasteiger partial charge in [0.05, 0.1) is 0 Å².